The summed E-state index contributed by atoms with van der Waals surface area (Å²) in [5.74, 6) is 0.624. The highest BCUT2D eigenvalue weighted by molar-refractivity contribution is 6.33. The molecule has 1 heterocycles. The molecule has 0 saturated carbocycles. The van der Waals surface area contributed by atoms with Gasteiger partial charge in [0.2, 0.25) is 0 Å². The summed E-state index contributed by atoms with van der Waals surface area (Å²) in [5.41, 5.74) is 1.03. The molecule has 18 heavy (non-hydrogen) atoms. The Morgan fingerprint density at radius 2 is 2.06 bits per heavy atom. The second-order valence-corrected chi connectivity index (χ2v) is 5.42. The molecule has 1 fully saturated rings. The zero-order chi connectivity index (χ0) is 12.8. The van der Waals surface area contributed by atoms with Crippen LogP contribution in [0, 0.1) is 5.92 Å². The minimum absolute atomic E-state index is 0.624. The Morgan fingerprint density at radius 1 is 1.33 bits per heavy atom. The molecule has 0 amide bonds. The van der Waals surface area contributed by atoms with Crippen LogP contribution in [-0.2, 0) is 0 Å². The van der Waals surface area contributed by atoms with Crippen molar-refractivity contribution in [3.63, 3.8) is 0 Å². The van der Waals surface area contributed by atoms with Gasteiger partial charge in [-0.25, -0.2) is 0 Å². The first kappa shape index (κ1) is 13.7. The molecule has 0 aromatic heterocycles. The molecular formula is C14H22ClN3. The topological polar surface area (TPSA) is 27.3 Å². The van der Waals surface area contributed by atoms with E-state index in [1.54, 1.807) is 0 Å². The van der Waals surface area contributed by atoms with Gasteiger partial charge in [0.05, 0.1) is 10.7 Å². The first-order valence-corrected chi connectivity index (χ1v) is 7.05. The molecule has 1 unspecified atom stereocenters. The van der Waals surface area contributed by atoms with Gasteiger partial charge in [-0.3, -0.25) is 0 Å². The Balaban J connectivity index is 1.74. The summed E-state index contributed by atoms with van der Waals surface area (Å²) in [6.07, 6.45) is 0. The van der Waals surface area contributed by atoms with E-state index in [0.717, 1.165) is 50.0 Å². The SMILES string of the molecule is CC(CNc1ccccc1Cl)CN1CCNCC1. The van der Waals surface area contributed by atoms with Crippen molar-refractivity contribution in [1.82, 2.24) is 10.2 Å². The molecule has 0 spiro atoms. The molecule has 4 heteroatoms. The number of benzene rings is 1. The van der Waals surface area contributed by atoms with Gasteiger partial charge in [0.25, 0.3) is 0 Å². The molecule has 0 bridgehead atoms. The van der Waals surface area contributed by atoms with Gasteiger partial charge in [0.15, 0.2) is 0 Å². The summed E-state index contributed by atoms with van der Waals surface area (Å²) in [6.45, 7) is 8.96. The first-order chi connectivity index (χ1) is 8.75. The van der Waals surface area contributed by atoms with E-state index in [1.807, 2.05) is 24.3 Å². The third kappa shape index (κ3) is 4.16. The van der Waals surface area contributed by atoms with E-state index in [4.69, 9.17) is 11.6 Å². The van der Waals surface area contributed by atoms with Crippen LogP contribution >= 0.6 is 11.6 Å². The maximum Gasteiger partial charge on any atom is 0.0637 e. The van der Waals surface area contributed by atoms with E-state index in [-0.39, 0.29) is 0 Å². The third-order valence-corrected chi connectivity index (χ3v) is 3.62. The molecule has 3 nitrogen and oxygen atoms in total. The van der Waals surface area contributed by atoms with Crippen LogP contribution in [0.4, 0.5) is 5.69 Å². The molecule has 0 aliphatic carbocycles. The van der Waals surface area contributed by atoms with Crippen LogP contribution in [0.25, 0.3) is 0 Å². The van der Waals surface area contributed by atoms with Crippen molar-refractivity contribution >= 4 is 17.3 Å². The van der Waals surface area contributed by atoms with Crippen molar-refractivity contribution in [1.29, 1.82) is 0 Å². The average molecular weight is 268 g/mol. The Bertz CT molecular complexity index is 364. The lowest BCUT2D eigenvalue weighted by molar-refractivity contribution is 0.215. The number of piperazine rings is 1. The Morgan fingerprint density at radius 3 is 2.78 bits per heavy atom. The highest BCUT2D eigenvalue weighted by Gasteiger charge is 2.13. The third-order valence-electron chi connectivity index (χ3n) is 3.29. The number of hydrogen-bond acceptors (Lipinski definition) is 3. The van der Waals surface area contributed by atoms with Gasteiger partial charge in [-0.05, 0) is 18.1 Å². The van der Waals surface area contributed by atoms with Gasteiger partial charge in [-0.1, -0.05) is 30.7 Å². The second-order valence-electron chi connectivity index (χ2n) is 5.02. The van der Waals surface area contributed by atoms with E-state index < -0.39 is 0 Å². The lowest BCUT2D eigenvalue weighted by atomic mass is 10.1. The van der Waals surface area contributed by atoms with Gasteiger partial charge in [0, 0.05) is 39.3 Å². The molecule has 1 aliphatic rings. The highest BCUT2D eigenvalue weighted by atomic mass is 35.5. The second kappa shape index (κ2) is 6.98. The Hall–Kier alpha value is -0.770. The van der Waals surface area contributed by atoms with Crippen LogP contribution in [0.2, 0.25) is 5.02 Å². The average Bonchev–Trinajstić information content (AvgIpc) is 2.39. The van der Waals surface area contributed by atoms with Gasteiger partial charge in [-0.2, -0.15) is 0 Å². The van der Waals surface area contributed by atoms with Gasteiger partial charge in [-0.15, -0.1) is 0 Å². The molecule has 2 rings (SSSR count). The standard InChI is InChI=1S/C14H22ClN3/c1-12(11-18-8-6-16-7-9-18)10-17-14-5-3-2-4-13(14)15/h2-5,12,16-17H,6-11H2,1H3. The van der Waals surface area contributed by atoms with Crippen LogP contribution in [0.15, 0.2) is 24.3 Å². The van der Waals surface area contributed by atoms with Gasteiger partial charge >= 0.3 is 0 Å². The fourth-order valence-electron chi connectivity index (χ4n) is 2.29. The smallest absolute Gasteiger partial charge is 0.0637 e. The lowest BCUT2D eigenvalue weighted by Gasteiger charge is -2.29. The highest BCUT2D eigenvalue weighted by Crippen LogP contribution is 2.20. The fraction of sp³-hybridized carbons (Fsp3) is 0.571. The van der Waals surface area contributed by atoms with Crippen LogP contribution in [0.1, 0.15) is 6.92 Å². The molecule has 1 aromatic carbocycles. The molecule has 100 valence electrons. The zero-order valence-electron chi connectivity index (χ0n) is 11.0. The summed E-state index contributed by atoms with van der Waals surface area (Å²) in [7, 11) is 0. The maximum atomic E-state index is 6.12. The largest absolute Gasteiger partial charge is 0.384 e. The van der Waals surface area contributed by atoms with E-state index >= 15 is 0 Å². The molecule has 1 atom stereocenters. The van der Waals surface area contributed by atoms with E-state index in [9.17, 15) is 0 Å². The summed E-state index contributed by atoms with van der Waals surface area (Å²) >= 11 is 6.12. The Labute approximate surface area is 115 Å². The van der Waals surface area contributed by atoms with E-state index in [0.29, 0.717) is 5.92 Å². The van der Waals surface area contributed by atoms with E-state index in [1.165, 1.54) is 0 Å². The van der Waals surface area contributed by atoms with E-state index in [2.05, 4.69) is 22.5 Å². The summed E-state index contributed by atoms with van der Waals surface area (Å²) in [6, 6.07) is 7.91. The summed E-state index contributed by atoms with van der Waals surface area (Å²) < 4.78 is 0. The number of nitrogens with one attached hydrogen (secondary N) is 2. The summed E-state index contributed by atoms with van der Waals surface area (Å²) in [4.78, 5) is 2.52. The predicted octanol–water partition coefficient (Wildman–Crippen LogP) is 2.29. The molecule has 1 aromatic rings. The molecule has 1 aliphatic heterocycles. The number of para-hydroxylation sites is 1. The first-order valence-electron chi connectivity index (χ1n) is 6.67. The number of hydrogen-bond donors (Lipinski definition) is 2. The van der Waals surface area contributed by atoms with Gasteiger partial charge < -0.3 is 15.5 Å². The monoisotopic (exact) mass is 267 g/mol. The number of halogens is 1. The number of nitrogens with zero attached hydrogens (tertiary/aromatic N) is 1. The maximum absolute atomic E-state index is 6.12. The predicted molar refractivity (Wildman–Crippen MR) is 78.4 cm³/mol. The molecule has 0 radical (unpaired) electrons. The molecular weight excluding hydrogens is 246 g/mol. The normalized spacial score (nSPS) is 18.6. The van der Waals surface area contributed by atoms with Crippen LogP contribution in [0.3, 0.4) is 0 Å². The van der Waals surface area contributed by atoms with Crippen molar-refractivity contribution in [2.45, 2.75) is 6.92 Å². The van der Waals surface area contributed by atoms with Crippen molar-refractivity contribution in [3.05, 3.63) is 29.3 Å². The lowest BCUT2D eigenvalue weighted by Crippen LogP contribution is -2.45. The van der Waals surface area contributed by atoms with Crippen molar-refractivity contribution in [3.8, 4) is 0 Å². The van der Waals surface area contributed by atoms with Crippen molar-refractivity contribution < 1.29 is 0 Å². The van der Waals surface area contributed by atoms with Crippen LogP contribution < -0.4 is 10.6 Å². The van der Waals surface area contributed by atoms with Crippen LogP contribution in [-0.4, -0.2) is 44.2 Å². The van der Waals surface area contributed by atoms with Gasteiger partial charge in [0.1, 0.15) is 0 Å². The van der Waals surface area contributed by atoms with Crippen molar-refractivity contribution in [2.24, 2.45) is 5.92 Å². The summed E-state index contributed by atoms with van der Waals surface area (Å²) in [5, 5.41) is 7.60. The Kier molecular flexibility index (Phi) is 5.29. The minimum Gasteiger partial charge on any atom is -0.384 e. The number of anilines is 1. The quantitative estimate of drug-likeness (QED) is 0.857. The minimum atomic E-state index is 0.624. The van der Waals surface area contributed by atoms with Crippen LogP contribution in [0.5, 0.6) is 0 Å². The molecule has 2 N–H and O–H groups in total. The fourth-order valence-corrected chi connectivity index (χ4v) is 2.49. The zero-order valence-corrected chi connectivity index (χ0v) is 11.7. The van der Waals surface area contributed by atoms with Crippen molar-refractivity contribution in [2.75, 3.05) is 44.6 Å². The molecule has 1 saturated heterocycles. The number of rotatable bonds is 5.